The van der Waals surface area contributed by atoms with Crippen LogP contribution in [0, 0.1) is 0 Å². The van der Waals surface area contributed by atoms with E-state index in [2.05, 4.69) is 34.7 Å². The lowest BCUT2D eigenvalue weighted by Gasteiger charge is -2.18. The minimum absolute atomic E-state index is 0.0632. The van der Waals surface area contributed by atoms with Crippen molar-refractivity contribution in [2.24, 2.45) is 7.05 Å². The van der Waals surface area contributed by atoms with Gasteiger partial charge >= 0.3 is 0 Å². The van der Waals surface area contributed by atoms with E-state index in [9.17, 15) is 9.59 Å². The predicted octanol–water partition coefficient (Wildman–Crippen LogP) is 2.10. The number of carbonyl (C=O) groups is 2. The smallest absolute Gasteiger partial charge is 0.269 e. The van der Waals surface area contributed by atoms with Crippen molar-refractivity contribution in [1.82, 2.24) is 20.0 Å². The van der Waals surface area contributed by atoms with Crippen molar-refractivity contribution < 1.29 is 9.59 Å². The number of benzene rings is 2. The minimum atomic E-state index is -0.199. The Morgan fingerprint density at radius 3 is 2.81 bits per heavy atom. The Morgan fingerprint density at radius 1 is 1.19 bits per heavy atom. The zero-order chi connectivity index (χ0) is 18.1. The van der Waals surface area contributed by atoms with Crippen LogP contribution in [0.25, 0.3) is 10.8 Å². The summed E-state index contributed by atoms with van der Waals surface area (Å²) in [6.45, 7) is 1.07. The number of amides is 2. The second-order valence-electron chi connectivity index (χ2n) is 6.63. The highest BCUT2D eigenvalue weighted by Crippen LogP contribution is 2.22. The number of hydrogen-bond acceptors (Lipinski definition) is 3. The Labute approximate surface area is 151 Å². The monoisotopic (exact) mass is 348 g/mol. The number of carbonyl (C=O) groups excluding carboxylic acids is 2. The zero-order valence-electron chi connectivity index (χ0n) is 14.6. The molecule has 26 heavy (non-hydrogen) atoms. The largest absolute Gasteiger partial charge is 0.346 e. The molecule has 2 heterocycles. The summed E-state index contributed by atoms with van der Waals surface area (Å²) in [7, 11) is 1.72. The molecule has 0 saturated carbocycles. The first-order valence-electron chi connectivity index (χ1n) is 8.65. The Bertz CT molecular complexity index is 973. The van der Waals surface area contributed by atoms with Crippen molar-refractivity contribution in [3.05, 3.63) is 66.0 Å². The summed E-state index contributed by atoms with van der Waals surface area (Å²) in [5.41, 5.74) is 1.61. The maximum Gasteiger partial charge on any atom is 0.269 e. The Hall–Kier alpha value is -3.15. The first kappa shape index (κ1) is 16.3. The summed E-state index contributed by atoms with van der Waals surface area (Å²) >= 11 is 0. The van der Waals surface area contributed by atoms with E-state index < -0.39 is 0 Å². The molecule has 0 bridgehead atoms. The summed E-state index contributed by atoms with van der Waals surface area (Å²) in [5.74, 6) is -0.136. The van der Waals surface area contributed by atoms with Crippen molar-refractivity contribution in [3.8, 4) is 0 Å². The third kappa shape index (κ3) is 3.06. The molecule has 1 aromatic heterocycles. The van der Waals surface area contributed by atoms with Gasteiger partial charge in [0.25, 0.3) is 5.91 Å². The molecule has 1 atom stereocenters. The molecule has 6 nitrogen and oxygen atoms in total. The quantitative estimate of drug-likeness (QED) is 0.785. The van der Waals surface area contributed by atoms with Crippen LogP contribution in [0.2, 0.25) is 0 Å². The van der Waals surface area contributed by atoms with Crippen molar-refractivity contribution in [2.75, 3.05) is 6.54 Å². The summed E-state index contributed by atoms with van der Waals surface area (Å²) in [6.07, 6.45) is 1.91. The van der Waals surface area contributed by atoms with E-state index >= 15 is 0 Å². The number of nitrogens with one attached hydrogen (secondary N) is 1. The number of aromatic nitrogens is 2. The molecule has 0 aliphatic carbocycles. The number of likely N-dealkylation sites (tertiary alicyclic amines) is 1. The molecule has 0 radical (unpaired) electrons. The van der Waals surface area contributed by atoms with E-state index in [0.717, 1.165) is 16.3 Å². The van der Waals surface area contributed by atoms with Crippen LogP contribution in [-0.4, -0.2) is 39.1 Å². The molecular formula is C20H20N4O2. The fourth-order valence-electron chi connectivity index (χ4n) is 3.51. The van der Waals surface area contributed by atoms with Gasteiger partial charge in [0.1, 0.15) is 5.69 Å². The normalized spacial score (nSPS) is 17.0. The van der Waals surface area contributed by atoms with E-state index in [-0.39, 0.29) is 17.9 Å². The van der Waals surface area contributed by atoms with Gasteiger partial charge in [0.15, 0.2) is 0 Å². The molecule has 4 rings (SSSR count). The summed E-state index contributed by atoms with van der Waals surface area (Å²) in [5, 5.41) is 9.27. The Morgan fingerprint density at radius 2 is 2.00 bits per heavy atom. The maximum absolute atomic E-state index is 12.4. The molecule has 0 spiro atoms. The third-order valence-electron chi connectivity index (χ3n) is 4.84. The second kappa shape index (κ2) is 6.63. The lowest BCUT2D eigenvalue weighted by Crippen LogP contribution is -2.37. The van der Waals surface area contributed by atoms with Crippen LogP contribution < -0.4 is 5.32 Å². The number of nitrogens with zero attached hydrogens (tertiary/aromatic N) is 3. The van der Waals surface area contributed by atoms with Gasteiger partial charge < -0.3 is 10.2 Å². The van der Waals surface area contributed by atoms with Gasteiger partial charge in [0.2, 0.25) is 5.91 Å². The van der Waals surface area contributed by atoms with Crippen LogP contribution >= 0.6 is 0 Å². The lowest BCUT2D eigenvalue weighted by atomic mass is 10.0. The average molecular weight is 348 g/mol. The van der Waals surface area contributed by atoms with Gasteiger partial charge in [-0.25, -0.2) is 0 Å². The first-order chi connectivity index (χ1) is 12.6. The standard InChI is InChI=1S/C20H20N4O2/c1-23-18(9-10-21-23)20(26)22-16-11-19(25)24(13-16)12-15-7-4-6-14-5-2-3-8-17(14)15/h2-10,16H,11-13H2,1H3,(H,22,26)/t16-/m1/s1. The summed E-state index contributed by atoms with van der Waals surface area (Å²) in [6, 6.07) is 15.8. The van der Waals surface area contributed by atoms with Crippen molar-refractivity contribution >= 4 is 22.6 Å². The van der Waals surface area contributed by atoms with Gasteiger partial charge in [-0.3, -0.25) is 14.3 Å². The lowest BCUT2D eigenvalue weighted by molar-refractivity contribution is -0.128. The van der Waals surface area contributed by atoms with Gasteiger partial charge in [-0.05, 0) is 22.4 Å². The highest BCUT2D eigenvalue weighted by Gasteiger charge is 2.31. The SMILES string of the molecule is Cn1nccc1C(=O)N[C@@H]1CC(=O)N(Cc2cccc3ccccc23)C1. The molecule has 132 valence electrons. The van der Waals surface area contributed by atoms with E-state index in [1.165, 1.54) is 4.68 Å². The number of hydrogen-bond donors (Lipinski definition) is 1. The molecule has 6 heteroatoms. The predicted molar refractivity (Wildman–Crippen MR) is 98.4 cm³/mol. The molecule has 3 aromatic rings. The minimum Gasteiger partial charge on any atom is -0.346 e. The second-order valence-corrected chi connectivity index (χ2v) is 6.63. The molecule has 1 fully saturated rings. The molecule has 1 N–H and O–H groups in total. The fourth-order valence-corrected chi connectivity index (χ4v) is 3.51. The van der Waals surface area contributed by atoms with Crippen LogP contribution in [0.4, 0.5) is 0 Å². The Kier molecular flexibility index (Phi) is 4.16. The van der Waals surface area contributed by atoms with Gasteiger partial charge in [0.05, 0.1) is 6.04 Å². The van der Waals surface area contributed by atoms with Gasteiger partial charge in [-0.15, -0.1) is 0 Å². The van der Waals surface area contributed by atoms with Crippen LogP contribution in [0.5, 0.6) is 0 Å². The molecule has 1 aliphatic heterocycles. The van der Waals surface area contributed by atoms with Crippen molar-refractivity contribution in [1.29, 1.82) is 0 Å². The van der Waals surface area contributed by atoms with E-state index in [1.807, 2.05) is 23.1 Å². The average Bonchev–Trinajstić information content (AvgIpc) is 3.21. The molecule has 1 aliphatic rings. The number of rotatable bonds is 4. The van der Waals surface area contributed by atoms with E-state index in [0.29, 0.717) is 25.2 Å². The van der Waals surface area contributed by atoms with Gasteiger partial charge in [-0.1, -0.05) is 42.5 Å². The van der Waals surface area contributed by atoms with E-state index in [4.69, 9.17) is 0 Å². The highest BCUT2D eigenvalue weighted by atomic mass is 16.2. The zero-order valence-corrected chi connectivity index (χ0v) is 14.6. The van der Waals surface area contributed by atoms with Gasteiger partial charge in [0, 0.05) is 32.8 Å². The van der Waals surface area contributed by atoms with Crippen LogP contribution in [0.15, 0.2) is 54.7 Å². The van der Waals surface area contributed by atoms with Crippen LogP contribution in [-0.2, 0) is 18.4 Å². The highest BCUT2D eigenvalue weighted by molar-refractivity contribution is 5.93. The molecule has 2 amide bonds. The summed E-state index contributed by atoms with van der Waals surface area (Å²) in [4.78, 5) is 26.6. The maximum atomic E-state index is 12.4. The fraction of sp³-hybridized carbons (Fsp3) is 0.250. The summed E-state index contributed by atoms with van der Waals surface area (Å²) < 4.78 is 1.53. The van der Waals surface area contributed by atoms with Crippen molar-refractivity contribution in [2.45, 2.75) is 19.0 Å². The number of fused-ring (bicyclic) bond motifs is 1. The molecule has 0 unspecified atom stereocenters. The van der Waals surface area contributed by atoms with Crippen LogP contribution in [0.1, 0.15) is 22.5 Å². The van der Waals surface area contributed by atoms with Crippen LogP contribution in [0.3, 0.4) is 0 Å². The molecule has 2 aromatic carbocycles. The van der Waals surface area contributed by atoms with Crippen molar-refractivity contribution in [3.63, 3.8) is 0 Å². The van der Waals surface area contributed by atoms with E-state index in [1.54, 1.807) is 19.3 Å². The third-order valence-corrected chi connectivity index (χ3v) is 4.84. The Balaban J connectivity index is 1.46. The molecule has 1 saturated heterocycles. The molecular weight excluding hydrogens is 328 g/mol. The van der Waals surface area contributed by atoms with Gasteiger partial charge in [-0.2, -0.15) is 5.10 Å². The number of aryl methyl sites for hydroxylation is 1. The first-order valence-corrected chi connectivity index (χ1v) is 8.65. The topological polar surface area (TPSA) is 67.2 Å².